The van der Waals surface area contributed by atoms with Gasteiger partial charge in [-0.25, -0.2) is 8.42 Å². The molecule has 0 saturated carbocycles. The van der Waals surface area contributed by atoms with Gasteiger partial charge in [0.05, 0.1) is 6.26 Å². The molecule has 0 spiro atoms. The first-order valence-corrected chi connectivity index (χ1v) is 7.73. The zero-order valence-electron chi connectivity index (χ0n) is 8.87. The molecule has 0 unspecified atom stereocenters. The summed E-state index contributed by atoms with van der Waals surface area (Å²) in [7, 11) is -7.06. The summed E-state index contributed by atoms with van der Waals surface area (Å²) < 4.78 is 51.9. The van der Waals surface area contributed by atoms with Crippen LogP contribution in [0.1, 0.15) is 0 Å². The van der Waals surface area contributed by atoms with Crippen LogP contribution in [-0.2, 0) is 24.5 Å². The van der Waals surface area contributed by atoms with Gasteiger partial charge in [-0.2, -0.15) is 17.0 Å². The maximum absolute atomic E-state index is 11.4. The molecule has 0 bridgehead atoms. The second-order valence-electron chi connectivity index (χ2n) is 3.28. The van der Waals surface area contributed by atoms with E-state index in [2.05, 4.69) is 10.8 Å². The maximum Gasteiger partial charge on any atom is 0.384 e. The van der Waals surface area contributed by atoms with E-state index in [1.165, 1.54) is 4.31 Å². The average Bonchev–Trinajstić information content (AvgIpc) is 2.16. The zero-order valence-corrected chi connectivity index (χ0v) is 10.5. The van der Waals surface area contributed by atoms with Gasteiger partial charge in [0.25, 0.3) is 0 Å². The first-order chi connectivity index (χ1) is 7.27. The molecule has 1 aliphatic rings. The van der Waals surface area contributed by atoms with Crippen molar-refractivity contribution in [2.24, 2.45) is 0 Å². The lowest BCUT2D eigenvalue weighted by atomic mass is 10.4. The van der Waals surface area contributed by atoms with Crippen LogP contribution in [0.4, 0.5) is 0 Å². The van der Waals surface area contributed by atoms with Crippen molar-refractivity contribution in [2.45, 2.75) is 0 Å². The Morgan fingerprint density at radius 1 is 1.06 bits per heavy atom. The van der Waals surface area contributed by atoms with E-state index >= 15 is 0 Å². The molecule has 9 heteroatoms. The molecule has 0 aliphatic carbocycles. The summed E-state index contributed by atoms with van der Waals surface area (Å²) in [6.07, 6.45) is 1.93. The lowest BCUT2D eigenvalue weighted by Gasteiger charge is -2.31. The molecule has 0 aromatic heterocycles. The molecule has 1 fully saturated rings. The van der Waals surface area contributed by atoms with E-state index in [0.29, 0.717) is 0 Å². The highest BCUT2D eigenvalue weighted by Gasteiger charge is 2.30. The molecule has 0 radical (unpaired) electrons. The van der Waals surface area contributed by atoms with Crippen molar-refractivity contribution in [1.29, 1.82) is 0 Å². The fourth-order valence-corrected chi connectivity index (χ4v) is 3.10. The normalized spacial score (nSPS) is 20.6. The highest BCUT2D eigenvalue weighted by atomic mass is 32.2. The number of nitrogens with zero attached hydrogens (tertiary/aromatic N) is 2. The molecule has 1 aliphatic heterocycles. The molecule has 0 aromatic rings. The van der Waals surface area contributed by atoms with E-state index in [0.717, 1.165) is 16.8 Å². The third-order valence-electron chi connectivity index (χ3n) is 2.17. The Balaban J connectivity index is 2.66. The summed E-state index contributed by atoms with van der Waals surface area (Å²) in [5.74, 6) is 0. The lowest BCUT2D eigenvalue weighted by molar-refractivity contribution is 0.250. The van der Waals surface area contributed by atoms with Gasteiger partial charge in [-0.05, 0) is 0 Å². The fraction of sp³-hybridized carbons (Fsp3) is 0.714. The summed E-state index contributed by atoms with van der Waals surface area (Å²) in [5.41, 5.74) is 0. The predicted octanol–water partition coefficient (Wildman–Crippen LogP) is -1.03. The number of sulfonamides is 1. The molecule has 1 saturated heterocycles. The Kier molecular flexibility index (Phi) is 3.94. The van der Waals surface area contributed by atoms with Gasteiger partial charge in [0.2, 0.25) is 10.0 Å². The molecule has 0 amide bonds. The van der Waals surface area contributed by atoms with Crippen LogP contribution in [0.2, 0.25) is 0 Å². The van der Waals surface area contributed by atoms with Crippen LogP contribution in [0, 0.1) is 0 Å². The van der Waals surface area contributed by atoms with Gasteiger partial charge in [-0.15, -0.1) is 0 Å². The summed E-state index contributed by atoms with van der Waals surface area (Å²) >= 11 is 0. The van der Waals surface area contributed by atoms with Crippen molar-refractivity contribution in [3.63, 3.8) is 0 Å². The molecule has 0 atom stereocenters. The van der Waals surface area contributed by atoms with E-state index in [4.69, 9.17) is 0 Å². The van der Waals surface area contributed by atoms with Gasteiger partial charge in [-0.1, -0.05) is 6.58 Å². The van der Waals surface area contributed by atoms with E-state index in [1.54, 1.807) is 0 Å². The minimum absolute atomic E-state index is 0.0866. The SMILES string of the molecule is C=COS(=O)(=O)N1CCN(S(C)(=O)=O)CC1. The largest absolute Gasteiger partial charge is 0.384 e. The van der Waals surface area contributed by atoms with Crippen LogP contribution in [0.5, 0.6) is 0 Å². The van der Waals surface area contributed by atoms with Gasteiger partial charge in [0.15, 0.2) is 0 Å². The molecule has 1 rings (SSSR count). The quantitative estimate of drug-likeness (QED) is 0.610. The standard InChI is InChI=1S/C7H14N2O5S2/c1-3-14-16(12,13)9-6-4-8(5-7-9)15(2,10)11/h3H,1,4-7H2,2H3. The van der Waals surface area contributed by atoms with Crippen molar-refractivity contribution in [2.75, 3.05) is 32.4 Å². The van der Waals surface area contributed by atoms with Crippen LogP contribution in [0.25, 0.3) is 0 Å². The lowest BCUT2D eigenvalue weighted by Crippen LogP contribution is -2.50. The number of hydrogen-bond donors (Lipinski definition) is 0. The molecule has 16 heavy (non-hydrogen) atoms. The Hall–Kier alpha value is -0.640. The number of hydrogen-bond acceptors (Lipinski definition) is 5. The minimum Gasteiger partial charge on any atom is -0.379 e. The van der Waals surface area contributed by atoms with E-state index < -0.39 is 20.3 Å². The topological polar surface area (TPSA) is 84.0 Å². The third kappa shape index (κ3) is 3.17. The molecular weight excluding hydrogens is 256 g/mol. The fourth-order valence-electron chi connectivity index (χ4n) is 1.37. The molecule has 0 N–H and O–H groups in total. The van der Waals surface area contributed by atoms with Crippen LogP contribution < -0.4 is 0 Å². The van der Waals surface area contributed by atoms with Crippen molar-refractivity contribution in [3.05, 3.63) is 12.8 Å². The molecule has 0 aromatic carbocycles. The van der Waals surface area contributed by atoms with Gasteiger partial charge in [-0.3, -0.25) is 0 Å². The second kappa shape index (κ2) is 4.70. The van der Waals surface area contributed by atoms with Crippen molar-refractivity contribution in [1.82, 2.24) is 8.61 Å². The van der Waals surface area contributed by atoms with E-state index in [9.17, 15) is 16.8 Å². The smallest absolute Gasteiger partial charge is 0.379 e. The van der Waals surface area contributed by atoms with Crippen molar-refractivity contribution < 1.29 is 21.0 Å². The van der Waals surface area contributed by atoms with Gasteiger partial charge in [0.1, 0.15) is 6.26 Å². The highest BCUT2D eigenvalue weighted by molar-refractivity contribution is 7.88. The summed E-state index contributed by atoms with van der Waals surface area (Å²) in [6.45, 7) is 3.61. The van der Waals surface area contributed by atoms with Crippen LogP contribution in [0.15, 0.2) is 12.8 Å². The first kappa shape index (κ1) is 13.4. The highest BCUT2D eigenvalue weighted by Crippen LogP contribution is 2.11. The third-order valence-corrected chi connectivity index (χ3v) is 4.85. The summed E-state index contributed by atoms with van der Waals surface area (Å²) in [6, 6.07) is 0. The average molecular weight is 270 g/mol. The summed E-state index contributed by atoms with van der Waals surface area (Å²) in [5, 5.41) is 0. The molecule has 7 nitrogen and oxygen atoms in total. The molecular formula is C7H14N2O5S2. The Labute approximate surface area is 95.6 Å². The Bertz CT molecular complexity index is 447. The van der Waals surface area contributed by atoms with Crippen molar-refractivity contribution in [3.8, 4) is 0 Å². The zero-order chi connectivity index (χ0) is 12.4. The maximum atomic E-state index is 11.4. The van der Waals surface area contributed by atoms with E-state index in [1.807, 2.05) is 0 Å². The molecule has 94 valence electrons. The Morgan fingerprint density at radius 3 is 1.88 bits per heavy atom. The number of piperazine rings is 1. The first-order valence-electron chi connectivity index (χ1n) is 4.52. The van der Waals surface area contributed by atoms with Gasteiger partial charge < -0.3 is 4.18 Å². The van der Waals surface area contributed by atoms with Crippen LogP contribution >= 0.6 is 0 Å². The van der Waals surface area contributed by atoms with Gasteiger partial charge in [0, 0.05) is 26.2 Å². The monoisotopic (exact) mass is 270 g/mol. The predicted molar refractivity (Wildman–Crippen MR) is 58.2 cm³/mol. The van der Waals surface area contributed by atoms with Gasteiger partial charge >= 0.3 is 10.3 Å². The molecule has 1 heterocycles. The minimum atomic E-state index is -3.81. The Morgan fingerprint density at radius 2 is 1.50 bits per heavy atom. The number of rotatable bonds is 4. The summed E-state index contributed by atoms with van der Waals surface area (Å²) in [4.78, 5) is 0. The van der Waals surface area contributed by atoms with Crippen LogP contribution in [0.3, 0.4) is 0 Å². The van der Waals surface area contributed by atoms with Crippen molar-refractivity contribution >= 4 is 20.3 Å². The van der Waals surface area contributed by atoms with E-state index in [-0.39, 0.29) is 26.2 Å². The van der Waals surface area contributed by atoms with Crippen LogP contribution in [-0.4, -0.2) is 57.9 Å². The second-order valence-corrected chi connectivity index (χ2v) is 6.83.